The molecule has 1 aliphatic rings. The summed E-state index contributed by atoms with van der Waals surface area (Å²) in [6.07, 6.45) is 3.95. The van der Waals surface area contributed by atoms with Crippen molar-refractivity contribution in [3.8, 4) is 0 Å². The van der Waals surface area contributed by atoms with Crippen LogP contribution in [0.3, 0.4) is 0 Å². The van der Waals surface area contributed by atoms with E-state index in [1.165, 1.54) is 0 Å². The van der Waals surface area contributed by atoms with E-state index in [0.717, 1.165) is 42.6 Å². The zero-order valence-electron chi connectivity index (χ0n) is 11.6. The first-order chi connectivity index (χ1) is 9.13. The number of rotatable bonds is 3. The Morgan fingerprint density at radius 3 is 3.00 bits per heavy atom. The Labute approximate surface area is 118 Å². The van der Waals surface area contributed by atoms with Crippen LogP contribution in [0.15, 0.2) is 11.2 Å². The fourth-order valence-electron chi connectivity index (χ4n) is 2.38. The molecule has 104 valence electrons. The molecule has 2 heterocycles. The lowest BCUT2D eigenvalue weighted by atomic mass is 9.97. The molecule has 0 aromatic carbocycles. The molecule has 2 rings (SSSR count). The molecule has 0 spiro atoms. The van der Waals surface area contributed by atoms with Gasteiger partial charge in [0.1, 0.15) is 5.82 Å². The second-order valence-corrected chi connectivity index (χ2v) is 5.53. The number of amides is 1. The number of aromatic nitrogens is 2. The van der Waals surface area contributed by atoms with Crippen LogP contribution in [0.2, 0.25) is 0 Å². The number of nitrogens with zero attached hydrogens (tertiary/aromatic N) is 3. The zero-order chi connectivity index (χ0) is 13.8. The SMILES string of the molecule is CNC(=O)C1CCCN(c2cc(C)nc(SC)n2)C1. The summed E-state index contributed by atoms with van der Waals surface area (Å²) in [5.74, 6) is 1.12. The van der Waals surface area contributed by atoms with Gasteiger partial charge in [0.15, 0.2) is 5.16 Å². The fraction of sp³-hybridized carbons (Fsp3) is 0.615. The summed E-state index contributed by atoms with van der Waals surface area (Å²) in [6.45, 7) is 3.67. The van der Waals surface area contributed by atoms with E-state index in [1.807, 2.05) is 19.2 Å². The van der Waals surface area contributed by atoms with Crippen molar-refractivity contribution in [2.45, 2.75) is 24.9 Å². The summed E-state index contributed by atoms with van der Waals surface area (Å²) in [4.78, 5) is 22.9. The summed E-state index contributed by atoms with van der Waals surface area (Å²) >= 11 is 1.54. The molecule has 1 atom stereocenters. The summed E-state index contributed by atoms with van der Waals surface area (Å²) < 4.78 is 0. The Balaban J connectivity index is 2.17. The van der Waals surface area contributed by atoms with Gasteiger partial charge in [-0.25, -0.2) is 9.97 Å². The van der Waals surface area contributed by atoms with E-state index >= 15 is 0 Å². The highest BCUT2D eigenvalue weighted by Crippen LogP contribution is 2.23. The molecule has 1 aliphatic heterocycles. The van der Waals surface area contributed by atoms with Gasteiger partial charge < -0.3 is 10.2 Å². The van der Waals surface area contributed by atoms with Crippen LogP contribution in [0.25, 0.3) is 0 Å². The Bertz CT molecular complexity index is 466. The number of aryl methyl sites for hydroxylation is 1. The normalized spacial score (nSPS) is 19.3. The van der Waals surface area contributed by atoms with Crippen LogP contribution in [0.4, 0.5) is 5.82 Å². The standard InChI is InChI=1S/C13H20N4OS/c1-9-7-11(16-13(15-9)19-3)17-6-4-5-10(8-17)12(18)14-2/h7,10H,4-6,8H2,1-3H3,(H,14,18). The molecule has 19 heavy (non-hydrogen) atoms. The molecule has 1 amide bonds. The van der Waals surface area contributed by atoms with Crippen LogP contribution < -0.4 is 10.2 Å². The number of carbonyl (C=O) groups is 1. The van der Waals surface area contributed by atoms with E-state index in [1.54, 1.807) is 18.8 Å². The van der Waals surface area contributed by atoms with Gasteiger partial charge >= 0.3 is 0 Å². The first-order valence-corrected chi connectivity index (χ1v) is 7.72. The highest BCUT2D eigenvalue weighted by atomic mass is 32.2. The smallest absolute Gasteiger partial charge is 0.224 e. The maximum Gasteiger partial charge on any atom is 0.224 e. The molecule has 1 aromatic heterocycles. The monoisotopic (exact) mass is 280 g/mol. The Kier molecular flexibility index (Phi) is 4.63. The molecule has 1 N–H and O–H groups in total. The lowest BCUT2D eigenvalue weighted by molar-refractivity contribution is -0.124. The van der Waals surface area contributed by atoms with Crippen molar-refractivity contribution in [1.29, 1.82) is 0 Å². The van der Waals surface area contributed by atoms with E-state index in [2.05, 4.69) is 20.2 Å². The highest BCUT2D eigenvalue weighted by Gasteiger charge is 2.26. The second-order valence-electron chi connectivity index (χ2n) is 4.75. The van der Waals surface area contributed by atoms with E-state index in [9.17, 15) is 4.79 Å². The van der Waals surface area contributed by atoms with E-state index in [0.29, 0.717) is 0 Å². The molecule has 0 saturated carbocycles. The van der Waals surface area contributed by atoms with Crippen LogP contribution >= 0.6 is 11.8 Å². The minimum Gasteiger partial charge on any atom is -0.359 e. The first-order valence-electron chi connectivity index (χ1n) is 6.50. The molecule has 0 radical (unpaired) electrons. The molecular weight excluding hydrogens is 260 g/mol. The molecule has 1 unspecified atom stereocenters. The summed E-state index contributed by atoms with van der Waals surface area (Å²) in [6, 6.07) is 1.99. The van der Waals surface area contributed by atoms with Gasteiger partial charge in [-0.1, -0.05) is 11.8 Å². The molecule has 1 aromatic rings. The third kappa shape index (κ3) is 3.37. The van der Waals surface area contributed by atoms with Gasteiger partial charge in [-0.15, -0.1) is 0 Å². The van der Waals surface area contributed by atoms with Gasteiger partial charge in [0.05, 0.1) is 5.92 Å². The topological polar surface area (TPSA) is 58.1 Å². The van der Waals surface area contributed by atoms with Gasteiger partial charge in [0.2, 0.25) is 5.91 Å². The first kappa shape index (κ1) is 14.1. The molecule has 5 nitrogen and oxygen atoms in total. The van der Waals surface area contributed by atoms with Crippen LogP contribution in [0.5, 0.6) is 0 Å². The van der Waals surface area contributed by atoms with E-state index < -0.39 is 0 Å². The van der Waals surface area contributed by atoms with Crippen molar-refractivity contribution >= 4 is 23.5 Å². The average Bonchev–Trinajstić information content (AvgIpc) is 2.45. The predicted molar refractivity (Wildman–Crippen MR) is 77.6 cm³/mol. The van der Waals surface area contributed by atoms with Gasteiger partial charge in [-0.05, 0) is 26.0 Å². The molecular formula is C13H20N4OS. The third-order valence-corrected chi connectivity index (χ3v) is 3.91. The van der Waals surface area contributed by atoms with Gasteiger partial charge in [0.25, 0.3) is 0 Å². The number of hydrogen-bond donors (Lipinski definition) is 1. The zero-order valence-corrected chi connectivity index (χ0v) is 12.5. The van der Waals surface area contributed by atoms with Crippen molar-refractivity contribution < 1.29 is 4.79 Å². The lowest BCUT2D eigenvalue weighted by Crippen LogP contribution is -2.42. The number of carbonyl (C=O) groups excluding carboxylic acids is 1. The summed E-state index contributed by atoms with van der Waals surface area (Å²) in [7, 11) is 1.70. The second kappa shape index (κ2) is 6.23. The van der Waals surface area contributed by atoms with E-state index in [4.69, 9.17) is 0 Å². The summed E-state index contributed by atoms with van der Waals surface area (Å²) in [5, 5.41) is 3.53. The van der Waals surface area contributed by atoms with Gasteiger partial charge in [-0.3, -0.25) is 4.79 Å². The van der Waals surface area contributed by atoms with Crippen molar-refractivity contribution in [3.63, 3.8) is 0 Å². The maximum atomic E-state index is 11.8. The van der Waals surface area contributed by atoms with Crippen molar-refractivity contribution in [1.82, 2.24) is 15.3 Å². The van der Waals surface area contributed by atoms with Gasteiger partial charge in [-0.2, -0.15) is 0 Å². The minimum atomic E-state index is 0.0618. The number of piperidine rings is 1. The van der Waals surface area contributed by atoms with Crippen molar-refractivity contribution in [2.75, 3.05) is 31.3 Å². The van der Waals surface area contributed by atoms with Crippen LogP contribution in [-0.2, 0) is 4.79 Å². The average molecular weight is 280 g/mol. The molecule has 6 heteroatoms. The number of nitrogens with one attached hydrogen (secondary N) is 1. The fourth-order valence-corrected chi connectivity index (χ4v) is 2.80. The maximum absolute atomic E-state index is 11.8. The van der Waals surface area contributed by atoms with Crippen LogP contribution in [0.1, 0.15) is 18.5 Å². The molecule has 0 bridgehead atoms. The highest BCUT2D eigenvalue weighted by molar-refractivity contribution is 7.98. The number of anilines is 1. The lowest BCUT2D eigenvalue weighted by Gasteiger charge is -2.32. The number of hydrogen-bond acceptors (Lipinski definition) is 5. The van der Waals surface area contributed by atoms with Crippen LogP contribution in [-0.4, -0.2) is 42.3 Å². The van der Waals surface area contributed by atoms with Gasteiger partial charge in [0, 0.05) is 31.9 Å². The Hall–Kier alpha value is -1.30. The predicted octanol–water partition coefficient (Wildman–Crippen LogP) is 1.47. The Morgan fingerprint density at radius 1 is 1.53 bits per heavy atom. The Morgan fingerprint density at radius 2 is 2.32 bits per heavy atom. The number of thioether (sulfide) groups is 1. The largest absolute Gasteiger partial charge is 0.359 e. The molecule has 1 fully saturated rings. The van der Waals surface area contributed by atoms with Crippen molar-refractivity contribution in [3.05, 3.63) is 11.8 Å². The molecule has 0 aliphatic carbocycles. The minimum absolute atomic E-state index is 0.0618. The third-order valence-electron chi connectivity index (χ3n) is 3.37. The molecule has 1 saturated heterocycles. The summed E-state index contributed by atoms with van der Waals surface area (Å²) in [5.41, 5.74) is 0.969. The van der Waals surface area contributed by atoms with Crippen molar-refractivity contribution in [2.24, 2.45) is 5.92 Å². The van der Waals surface area contributed by atoms with E-state index in [-0.39, 0.29) is 11.8 Å². The quantitative estimate of drug-likeness (QED) is 0.671. The van der Waals surface area contributed by atoms with Crippen LogP contribution in [0, 0.1) is 12.8 Å².